The Hall–Kier alpha value is -6.16. The Bertz CT molecular complexity index is 1620. The van der Waals surface area contributed by atoms with Crippen LogP contribution >= 0.6 is 0 Å². The van der Waals surface area contributed by atoms with Gasteiger partial charge in [0.1, 0.15) is 23.0 Å². The van der Waals surface area contributed by atoms with Gasteiger partial charge in [0.25, 0.3) is 0 Å². The van der Waals surface area contributed by atoms with E-state index < -0.39 is 11.9 Å². The lowest BCUT2D eigenvalue weighted by Gasteiger charge is -2.31. The summed E-state index contributed by atoms with van der Waals surface area (Å²) in [5.74, 6) is 1.39. The molecule has 0 atom stereocenters. The van der Waals surface area contributed by atoms with Crippen LogP contribution in [0, 0.1) is 0 Å². The lowest BCUT2D eigenvalue weighted by molar-refractivity contribution is 0.0588. The van der Waals surface area contributed by atoms with Crippen LogP contribution in [0.1, 0.15) is 20.7 Å². The first kappa shape index (κ1) is 33.2. The quantitative estimate of drug-likeness (QED) is 0.123. The third-order valence-corrected chi connectivity index (χ3v) is 7.73. The molecule has 0 radical (unpaired) electrons. The normalized spacial score (nSPS) is 10.5. The lowest BCUT2D eigenvalue weighted by Crippen LogP contribution is -2.20. The largest absolute Gasteiger partial charge is 0.497 e. The third-order valence-electron chi connectivity index (χ3n) is 7.73. The predicted octanol–water partition coefficient (Wildman–Crippen LogP) is 8.23. The van der Waals surface area contributed by atoms with Gasteiger partial charge in [-0.1, -0.05) is 0 Å². The summed E-state index contributed by atoms with van der Waals surface area (Å²) < 4.78 is 32.3. The fourth-order valence-electron chi connectivity index (χ4n) is 5.27. The fraction of sp³-hybridized carbons (Fsp3) is 0.158. The molecule has 0 aliphatic rings. The third kappa shape index (κ3) is 6.82. The summed E-state index contributed by atoms with van der Waals surface area (Å²) in [6, 6.07) is 32.7. The SMILES string of the molecule is COC(=O)c1cc(N(c2ccc(OC)cc2)c2ccc(OC)cc2)c(C(=O)OC)cc1N(c1ccc(OC)cc1)c1ccc(OC)cc1. The van der Waals surface area contributed by atoms with Crippen molar-refractivity contribution in [2.45, 2.75) is 0 Å². The summed E-state index contributed by atoms with van der Waals surface area (Å²) in [5, 5.41) is 0. The van der Waals surface area contributed by atoms with Crippen LogP contribution in [-0.4, -0.2) is 54.6 Å². The molecule has 10 heteroatoms. The maximum Gasteiger partial charge on any atom is 0.340 e. The van der Waals surface area contributed by atoms with Gasteiger partial charge in [-0.3, -0.25) is 0 Å². The van der Waals surface area contributed by atoms with Gasteiger partial charge >= 0.3 is 11.9 Å². The summed E-state index contributed by atoms with van der Waals surface area (Å²) in [6.45, 7) is 0. The van der Waals surface area contributed by atoms with Gasteiger partial charge in [-0.15, -0.1) is 0 Å². The van der Waals surface area contributed by atoms with Crippen molar-refractivity contribution in [3.63, 3.8) is 0 Å². The molecule has 0 N–H and O–H groups in total. The molecular weight excluding hydrogens is 612 g/mol. The molecule has 0 aromatic heterocycles. The number of ether oxygens (including phenoxy) is 6. The van der Waals surface area contributed by atoms with Crippen LogP contribution in [0.3, 0.4) is 0 Å². The van der Waals surface area contributed by atoms with Crippen LogP contribution in [-0.2, 0) is 9.47 Å². The van der Waals surface area contributed by atoms with E-state index in [1.165, 1.54) is 14.2 Å². The number of anilines is 6. The average molecular weight is 649 g/mol. The van der Waals surface area contributed by atoms with E-state index in [1.807, 2.05) is 107 Å². The number of esters is 2. The van der Waals surface area contributed by atoms with Gasteiger partial charge in [-0.05, 0) is 109 Å². The number of methoxy groups -OCH3 is 6. The highest BCUT2D eigenvalue weighted by Gasteiger charge is 2.29. The van der Waals surface area contributed by atoms with Crippen LogP contribution in [0.2, 0.25) is 0 Å². The molecule has 0 saturated heterocycles. The Morgan fingerprint density at radius 3 is 0.812 bits per heavy atom. The molecule has 0 heterocycles. The van der Waals surface area contributed by atoms with Gasteiger partial charge in [-0.2, -0.15) is 0 Å². The van der Waals surface area contributed by atoms with Gasteiger partial charge in [-0.25, -0.2) is 9.59 Å². The van der Waals surface area contributed by atoms with E-state index in [2.05, 4.69) is 0 Å². The van der Waals surface area contributed by atoms with Crippen LogP contribution in [0.5, 0.6) is 23.0 Å². The summed E-state index contributed by atoms with van der Waals surface area (Å²) in [5.41, 5.74) is 3.91. The molecule has 0 unspecified atom stereocenters. The molecule has 48 heavy (non-hydrogen) atoms. The van der Waals surface area contributed by atoms with Crippen molar-refractivity contribution in [2.24, 2.45) is 0 Å². The minimum absolute atomic E-state index is 0.193. The van der Waals surface area contributed by atoms with E-state index in [0.717, 1.165) is 0 Å². The van der Waals surface area contributed by atoms with Gasteiger partial charge in [0.05, 0.1) is 65.2 Å². The summed E-state index contributed by atoms with van der Waals surface area (Å²) in [6.07, 6.45) is 0. The Balaban J connectivity index is 1.83. The topological polar surface area (TPSA) is 96.0 Å². The molecule has 246 valence electrons. The standard InChI is InChI=1S/C38H36N2O8/c1-43-29-15-7-25(8-16-29)39(26-9-17-30(44-2)18-10-26)35-23-34(38(42)48-6)36(24-33(35)37(41)47-5)40(27-11-19-31(45-3)20-12-27)28-13-21-32(46-4)22-14-28/h7-24H,1-6H3. The number of hydrogen-bond donors (Lipinski definition) is 0. The first-order valence-electron chi connectivity index (χ1n) is 14.9. The maximum absolute atomic E-state index is 13.7. The van der Waals surface area contributed by atoms with E-state index in [1.54, 1.807) is 40.6 Å². The van der Waals surface area contributed by atoms with Crippen LogP contribution < -0.4 is 28.7 Å². The van der Waals surface area contributed by atoms with Gasteiger partial charge in [0.15, 0.2) is 0 Å². The summed E-state index contributed by atoms with van der Waals surface area (Å²) in [7, 11) is 8.98. The molecule has 5 aromatic rings. The number of carbonyl (C=O) groups is 2. The van der Waals surface area contributed by atoms with E-state index in [0.29, 0.717) is 57.1 Å². The second-order valence-corrected chi connectivity index (χ2v) is 10.3. The molecule has 0 aliphatic heterocycles. The van der Waals surface area contributed by atoms with Crippen LogP contribution in [0.4, 0.5) is 34.1 Å². The van der Waals surface area contributed by atoms with E-state index in [-0.39, 0.29) is 11.1 Å². The predicted molar refractivity (Wildman–Crippen MR) is 185 cm³/mol. The van der Waals surface area contributed by atoms with Crippen LogP contribution in [0.25, 0.3) is 0 Å². The second kappa shape index (κ2) is 15.0. The first-order valence-corrected chi connectivity index (χ1v) is 14.9. The highest BCUT2D eigenvalue weighted by atomic mass is 16.5. The molecule has 5 aromatic carbocycles. The number of rotatable bonds is 12. The Morgan fingerprint density at radius 2 is 0.625 bits per heavy atom. The molecule has 0 spiro atoms. The van der Waals surface area contributed by atoms with Gasteiger partial charge < -0.3 is 38.2 Å². The van der Waals surface area contributed by atoms with Crippen molar-refractivity contribution in [2.75, 3.05) is 52.5 Å². The minimum Gasteiger partial charge on any atom is -0.497 e. The molecule has 0 fully saturated rings. The molecule has 5 rings (SSSR count). The number of hydrogen-bond acceptors (Lipinski definition) is 10. The highest BCUT2D eigenvalue weighted by Crippen LogP contribution is 2.45. The fourth-order valence-corrected chi connectivity index (χ4v) is 5.27. The average Bonchev–Trinajstić information content (AvgIpc) is 3.15. The van der Waals surface area contributed by atoms with Gasteiger partial charge in [0.2, 0.25) is 0 Å². The number of nitrogens with zero attached hydrogens (tertiary/aromatic N) is 2. The molecule has 0 aliphatic carbocycles. The zero-order chi connectivity index (χ0) is 34.2. The molecular formula is C38H36N2O8. The van der Waals surface area contributed by atoms with Crippen molar-refractivity contribution in [1.29, 1.82) is 0 Å². The van der Waals surface area contributed by atoms with E-state index in [4.69, 9.17) is 28.4 Å². The van der Waals surface area contributed by atoms with Crippen molar-refractivity contribution in [3.8, 4) is 23.0 Å². The Kier molecular flexibility index (Phi) is 10.3. The summed E-state index contributed by atoms with van der Waals surface area (Å²) >= 11 is 0. The maximum atomic E-state index is 13.7. The van der Waals surface area contributed by atoms with Crippen LogP contribution in [0.15, 0.2) is 109 Å². The highest BCUT2D eigenvalue weighted by molar-refractivity contribution is 6.07. The zero-order valence-corrected chi connectivity index (χ0v) is 27.6. The van der Waals surface area contributed by atoms with Gasteiger partial charge in [0, 0.05) is 22.7 Å². The van der Waals surface area contributed by atoms with Crippen molar-refractivity contribution in [3.05, 3.63) is 120 Å². The van der Waals surface area contributed by atoms with Crippen molar-refractivity contribution in [1.82, 2.24) is 0 Å². The summed E-state index contributed by atoms with van der Waals surface area (Å²) in [4.78, 5) is 31.1. The molecule has 0 bridgehead atoms. The lowest BCUT2D eigenvalue weighted by atomic mass is 10.0. The monoisotopic (exact) mass is 648 g/mol. The minimum atomic E-state index is -0.612. The van der Waals surface area contributed by atoms with E-state index in [9.17, 15) is 9.59 Å². The second-order valence-electron chi connectivity index (χ2n) is 10.3. The number of benzene rings is 5. The number of carbonyl (C=O) groups excluding carboxylic acids is 2. The molecule has 0 saturated carbocycles. The van der Waals surface area contributed by atoms with Crippen molar-refractivity contribution >= 4 is 46.1 Å². The van der Waals surface area contributed by atoms with Crippen molar-refractivity contribution < 1.29 is 38.0 Å². The smallest absolute Gasteiger partial charge is 0.340 e. The molecule has 10 nitrogen and oxygen atoms in total. The Morgan fingerprint density at radius 1 is 0.396 bits per heavy atom. The zero-order valence-electron chi connectivity index (χ0n) is 27.6. The molecule has 0 amide bonds. The Labute approximate surface area is 279 Å². The first-order chi connectivity index (χ1) is 23.3. The van der Waals surface area contributed by atoms with E-state index >= 15 is 0 Å².